The highest BCUT2D eigenvalue weighted by Gasteiger charge is 2.18. The van der Waals surface area contributed by atoms with Gasteiger partial charge in [0.15, 0.2) is 5.58 Å². The highest BCUT2D eigenvalue weighted by Crippen LogP contribution is 2.24. The van der Waals surface area contributed by atoms with Gasteiger partial charge >= 0.3 is 5.76 Å². The first-order valence-electron chi connectivity index (χ1n) is 8.01. The fourth-order valence-electron chi connectivity index (χ4n) is 2.77. The maximum Gasteiger partial charge on any atom is 0.419 e. The second kappa shape index (κ2) is 6.76. The minimum Gasteiger partial charge on any atom is -0.408 e. The van der Waals surface area contributed by atoms with Crippen LogP contribution in [-0.2, 0) is 23.6 Å². The van der Waals surface area contributed by atoms with Crippen LogP contribution in [0.4, 0.5) is 0 Å². The summed E-state index contributed by atoms with van der Waals surface area (Å²) in [6, 6.07) is 9.87. The molecule has 4 aromatic rings. The monoisotopic (exact) mass is 401 g/mol. The van der Waals surface area contributed by atoms with Crippen LogP contribution < -0.4 is 10.5 Å². The first kappa shape index (κ1) is 17.7. The Morgan fingerprint density at radius 2 is 2.11 bits per heavy atom. The van der Waals surface area contributed by atoms with Crippen LogP contribution in [-0.4, -0.2) is 18.0 Å². The number of fused-ring (bicyclic) bond motifs is 1. The van der Waals surface area contributed by atoms with E-state index in [-0.39, 0.29) is 11.4 Å². The van der Waals surface area contributed by atoms with Gasteiger partial charge in [-0.25, -0.2) is 17.9 Å². The fourth-order valence-corrected chi connectivity index (χ4v) is 4.44. The van der Waals surface area contributed by atoms with Gasteiger partial charge in [-0.05, 0) is 41.3 Å². The molecule has 0 radical (unpaired) electrons. The number of hydrogen-bond donors (Lipinski definition) is 1. The van der Waals surface area contributed by atoms with E-state index in [0.29, 0.717) is 11.1 Å². The Labute approximate surface area is 159 Å². The Bertz CT molecular complexity index is 1270. The Morgan fingerprint density at radius 3 is 2.89 bits per heavy atom. The lowest BCUT2D eigenvalue weighted by Gasteiger charge is -2.10. The largest absolute Gasteiger partial charge is 0.419 e. The summed E-state index contributed by atoms with van der Waals surface area (Å²) < 4.78 is 34.3. The second-order valence-corrected chi connectivity index (χ2v) is 8.45. The van der Waals surface area contributed by atoms with Gasteiger partial charge < -0.3 is 4.42 Å². The van der Waals surface area contributed by atoms with Crippen LogP contribution in [0.25, 0.3) is 22.4 Å². The van der Waals surface area contributed by atoms with Crippen molar-refractivity contribution in [3.05, 3.63) is 69.5 Å². The number of nitrogens with one attached hydrogen (secondary N) is 1. The highest BCUT2D eigenvalue weighted by molar-refractivity contribution is 7.89. The lowest BCUT2D eigenvalue weighted by atomic mass is 10.1. The molecule has 3 heterocycles. The normalized spacial score (nSPS) is 11.9. The van der Waals surface area contributed by atoms with Gasteiger partial charge in [-0.3, -0.25) is 9.55 Å². The van der Waals surface area contributed by atoms with Crippen molar-refractivity contribution >= 4 is 32.5 Å². The molecule has 27 heavy (non-hydrogen) atoms. The van der Waals surface area contributed by atoms with Crippen molar-refractivity contribution < 1.29 is 12.8 Å². The average Bonchev–Trinajstić information content (AvgIpc) is 3.29. The Hall–Kier alpha value is -2.75. The van der Waals surface area contributed by atoms with Crippen molar-refractivity contribution in [2.24, 2.45) is 7.05 Å². The fraction of sp³-hybridized carbons (Fsp3) is 0.111. The molecule has 0 aliphatic rings. The van der Waals surface area contributed by atoms with E-state index < -0.39 is 15.8 Å². The summed E-state index contributed by atoms with van der Waals surface area (Å²) in [7, 11) is -2.25. The molecule has 0 saturated heterocycles. The molecular weight excluding hydrogens is 386 g/mol. The van der Waals surface area contributed by atoms with Crippen molar-refractivity contribution in [2.75, 3.05) is 0 Å². The zero-order valence-corrected chi connectivity index (χ0v) is 15.9. The molecular formula is C18H15N3O4S2. The SMILES string of the molecule is Cn1c(=O)oc2ccc(S(=O)(=O)NCc3cccnc3-c3ccsc3)cc21. The van der Waals surface area contributed by atoms with Crippen molar-refractivity contribution in [1.29, 1.82) is 0 Å². The van der Waals surface area contributed by atoms with E-state index in [2.05, 4.69) is 9.71 Å². The molecule has 9 heteroatoms. The topological polar surface area (TPSA) is 94.2 Å². The van der Waals surface area contributed by atoms with E-state index in [4.69, 9.17) is 4.42 Å². The van der Waals surface area contributed by atoms with E-state index in [1.807, 2.05) is 22.9 Å². The van der Waals surface area contributed by atoms with Crippen LogP contribution >= 0.6 is 11.3 Å². The number of aryl methyl sites for hydroxylation is 1. The van der Waals surface area contributed by atoms with Crippen molar-refractivity contribution in [1.82, 2.24) is 14.3 Å². The van der Waals surface area contributed by atoms with Crippen LogP contribution in [0.15, 0.2) is 67.5 Å². The predicted octanol–water partition coefficient (Wildman–Crippen LogP) is 2.73. The van der Waals surface area contributed by atoms with Crippen LogP contribution in [0.5, 0.6) is 0 Å². The van der Waals surface area contributed by atoms with Crippen LogP contribution in [0.2, 0.25) is 0 Å². The van der Waals surface area contributed by atoms with E-state index in [0.717, 1.165) is 16.8 Å². The molecule has 1 N–H and O–H groups in total. The van der Waals surface area contributed by atoms with Crippen molar-refractivity contribution in [2.45, 2.75) is 11.4 Å². The van der Waals surface area contributed by atoms with Gasteiger partial charge in [0.05, 0.1) is 16.1 Å². The Morgan fingerprint density at radius 1 is 1.26 bits per heavy atom. The van der Waals surface area contributed by atoms with Gasteiger partial charge in [0.25, 0.3) is 0 Å². The Balaban J connectivity index is 1.64. The molecule has 4 rings (SSSR count). The molecule has 0 aliphatic carbocycles. The van der Waals surface area contributed by atoms with E-state index in [9.17, 15) is 13.2 Å². The van der Waals surface area contributed by atoms with Crippen LogP contribution in [0.3, 0.4) is 0 Å². The smallest absolute Gasteiger partial charge is 0.408 e. The number of hydrogen-bond acceptors (Lipinski definition) is 6. The quantitative estimate of drug-likeness (QED) is 0.555. The van der Waals surface area contributed by atoms with Gasteiger partial charge in [-0.1, -0.05) is 6.07 Å². The summed E-state index contributed by atoms with van der Waals surface area (Å²) in [6.07, 6.45) is 1.68. The first-order chi connectivity index (χ1) is 13.0. The number of aromatic nitrogens is 2. The molecule has 7 nitrogen and oxygen atoms in total. The minimum absolute atomic E-state index is 0.0624. The number of nitrogens with zero attached hydrogens (tertiary/aromatic N) is 2. The molecule has 3 aromatic heterocycles. The molecule has 0 amide bonds. The summed E-state index contributed by atoms with van der Waals surface area (Å²) in [6.45, 7) is 0.101. The summed E-state index contributed by atoms with van der Waals surface area (Å²) >= 11 is 1.55. The summed E-state index contributed by atoms with van der Waals surface area (Å²) in [5.41, 5.74) is 3.23. The molecule has 0 fully saturated rings. The third-order valence-corrected chi connectivity index (χ3v) is 6.29. The third kappa shape index (κ3) is 3.32. The maximum absolute atomic E-state index is 12.7. The van der Waals surface area contributed by atoms with E-state index in [1.54, 1.807) is 23.6 Å². The number of thiophene rings is 1. The van der Waals surface area contributed by atoms with Crippen molar-refractivity contribution in [3.63, 3.8) is 0 Å². The van der Waals surface area contributed by atoms with Gasteiger partial charge in [-0.15, -0.1) is 0 Å². The highest BCUT2D eigenvalue weighted by atomic mass is 32.2. The molecule has 0 spiro atoms. The zero-order valence-electron chi connectivity index (χ0n) is 14.2. The molecule has 138 valence electrons. The summed E-state index contributed by atoms with van der Waals surface area (Å²) in [5.74, 6) is -0.539. The third-order valence-electron chi connectivity index (χ3n) is 4.21. The number of benzene rings is 1. The van der Waals surface area contributed by atoms with E-state index in [1.165, 1.54) is 29.8 Å². The number of oxazole rings is 1. The van der Waals surface area contributed by atoms with Gasteiger partial charge in [0.2, 0.25) is 10.0 Å². The van der Waals surface area contributed by atoms with Crippen LogP contribution in [0, 0.1) is 0 Å². The lowest BCUT2D eigenvalue weighted by Crippen LogP contribution is -2.23. The number of rotatable bonds is 5. The first-order valence-corrected chi connectivity index (χ1v) is 10.4. The number of pyridine rings is 1. The number of sulfonamides is 1. The predicted molar refractivity (Wildman–Crippen MR) is 103 cm³/mol. The van der Waals surface area contributed by atoms with Gasteiger partial charge in [0, 0.05) is 30.7 Å². The van der Waals surface area contributed by atoms with E-state index >= 15 is 0 Å². The average molecular weight is 401 g/mol. The molecule has 0 saturated carbocycles. The summed E-state index contributed by atoms with van der Waals surface area (Å²) in [4.78, 5) is 16.0. The molecule has 0 aliphatic heterocycles. The van der Waals surface area contributed by atoms with Gasteiger partial charge in [0.1, 0.15) is 0 Å². The summed E-state index contributed by atoms with van der Waals surface area (Å²) in [5, 5.41) is 3.91. The molecule has 1 aromatic carbocycles. The Kier molecular flexibility index (Phi) is 4.42. The molecule has 0 atom stereocenters. The van der Waals surface area contributed by atoms with Crippen LogP contribution in [0.1, 0.15) is 5.56 Å². The van der Waals surface area contributed by atoms with Crippen molar-refractivity contribution in [3.8, 4) is 11.3 Å². The second-order valence-electron chi connectivity index (χ2n) is 5.90. The van der Waals surface area contributed by atoms with Gasteiger partial charge in [-0.2, -0.15) is 11.3 Å². The molecule has 0 bridgehead atoms. The standard InChI is InChI=1S/C18H15N3O4S2/c1-21-15-9-14(4-5-16(15)25-18(21)22)27(23,24)20-10-12-3-2-7-19-17(12)13-6-8-26-11-13/h2-9,11,20H,10H2,1H3. The minimum atomic E-state index is -3.78. The lowest BCUT2D eigenvalue weighted by molar-refractivity contribution is 0.528. The zero-order chi connectivity index (χ0) is 19.0. The molecule has 0 unspecified atom stereocenters. The maximum atomic E-state index is 12.7.